The van der Waals surface area contributed by atoms with Crippen LogP contribution in [0.15, 0.2) is 11.4 Å². The smallest absolute Gasteiger partial charge is 0.315 e. The van der Waals surface area contributed by atoms with Crippen molar-refractivity contribution in [1.29, 1.82) is 0 Å². The molecule has 0 spiro atoms. The number of amides is 2. The number of carbonyl (C=O) groups excluding carboxylic acids is 1. The third-order valence-corrected chi connectivity index (χ3v) is 4.62. The molecule has 2 rings (SSSR count). The first-order chi connectivity index (χ1) is 9.40. The largest absolute Gasteiger partial charge is 0.481 e. The number of aliphatic carboxylic acids is 1. The molecule has 2 amide bonds. The normalized spacial score (nSPS) is 18.2. The van der Waals surface area contributed by atoms with Crippen molar-refractivity contribution in [2.24, 2.45) is 5.41 Å². The molecule has 0 bridgehead atoms. The summed E-state index contributed by atoms with van der Waals surface area (Å²) in [5, 5.41) is 16.6. The lowest BCUT2D eigenvalue weighted by Crippen LogP contribution is -2.44. The molecular weight excluding hydrogens is 276 g/mol. The average molecular weight is 296 g/mol. The van der Waals surface area contributed by atoms with Crippen LogP contribution >= 0.6 is 11.3 Å². The lowest BCUT2D eigenvalue weighted by atomic mass is 9.93. The summed E-state index contributed by atoms with van der Waals surface area (Å²) in [5.41, 5.74) is 0.242. The number of nitrogens with one attached hydrogen (secondary N) is 2. The van der Waals surface area contributed by atoms with Gasteiger partial charge >= 0.3 is 12.0 Å². The van der Waals surface area contributed by atoms with Crippen LogP contribution in [0.5, 0.6) is 0 Å². The first-order valence-electron chi connectivity index (χ1n) is 6.74. The van der Waals surface area contributed by atoms with Crippen LogP contribution < -0.4 is 10.6 Å². The van der Waals surface area contributed by atoms with Crippen LogP contribution in [-0.2, 0) is 11.2 Å². The van der Waals surface area contributed by atoms with Crippen molar-refractivity contribution in [3.63, 3.8) is 0 Å². The minimum absolute atomic E-state index is 0.0398. The maximum atomic E-state index is 11.9. The highest BCUT2D eigenvalue weighted by Crippen LogP contribution is 2.33. The summed E-state index contributed by atoms with van der Waals surface area (Å²) >= 11 is 1.73. The van der Waals surface area contributed by atoms with Crippen molar-refractivity contribution in [2.45, 2.75) is 39.2 Å². The van der Waals surface area contributed by atoms with Crippen LogP contribution in [0.1, 0.15) is 43.2 Å². The fourth-order valence-electron chi connectivity index (χ4n) is 2.22. The molecule has 1 atom stereocenters. The highest BCUT2D eigenvalue weighted by Gasteiger charge is 2.28. The van der Waals surface area contributed by atoms with E-state index < -0.39 is 11.4 Å². The molecular formula is C14H20N2O3S. The Balaban J connectivity index is 1.89. The van der Waals surface area contributed by atoms with E-state index in [1.807, 2.05) is 0 Å². The Morgan fingerprint density at radius 3 is 2.95 bits per heavy atom. The van der Waals surface area contributed by atoms with E-state index in [4.69, 9.17) is 5.11 Å². The van der Waals surface area contributed by atoms with Gasteiger partial charge in [0.2, 0.25) is 0 Å². The molecule has 0 radical (unpaired) electrons. The number of thiophene rings is 1. The molecule has 0 saturated heterocycles. The maximum Gasteiger partial charge on any atom is 0.315 e. The summed E-state index contributed by atoms with van der Waals surface area (Å²) < 4.78 is 0. The quantitative estimate of drug-likeness (QED) is 0.799. The molecule has 0 aliphatic heterocycles. The van der Waals surface area contributed by atoms with E-state index >= 15 is 0 Å². The highest BCUT2D eigenvalue weighted by atomic mass is 32.1. The Morgan fingerprint density at radius 1 is 1.50 bits per heavy atom. The van der Waals surface area contributed by atoms with Gasteiger partial charge in [0.15, 0.2) is 0 Å². The number of carbonyl (C=O) groups is 2. The molecule has 0 saturated carbocycles. The van der Waals surface area contributed by atoms with Gasteiger partial charge < -0.3 is 15.7 Å². The van der Waals surface area contributed by atoms with Gasteiger partial charge in [0, 0.05) is 11.4 Å². The molecule has 1 aromatic rings. The van der Waals surface area contributed by atoms with Gasteiger partial charge in [0.1, 0.15) is 0 Å². The first kappa shape index (κ1) is 14.8. The van der Waals surface area contributed by atoms with Gasteiger partial charge in [-0.3, -0.25) is 4.79 Å². The second kappa shape index (κ2) is 5.83. The van der Waals surface area contributed by atoms with Crippen LogP contribution in [0, 0.1) is 5.41 Å². The van der Waals surface area contributed by atoms with Crippen molar-refractivity contribution in [3.8, 4) is 0 Å². The van der Waals surface area contributed by atoms with Crippen LogP contribution in [0.4, 0.5) is 4.79 Å². The van der Waals surface area contributed by atoms with Crippen molar-refractivity contribution in [3.05, 3.63) is 21.9 Å². The van der Waals surface area contributed by atoms with E-state index in [2.05, 4.69) is 22.1 Å². The Kier molecular flexibility index (Phi) is 4.32. The number of carboxylic acids is 1. The molecule has 6 heteroatoms. The zero-order chi connectivity index (χ0) is 14.8. The van der Waals surface area contributed by atoms with Crippen molar-refractivity contribution in [1.82, 2.24) is 10.6 Å². The molecule has 20 heavy (non-hydrogen) atoms. The van der Waals surface area contributed by atoms with Gasteiger partial charge in [0.05, 0.1) is 11.5 Å². The first-order valence-corrected chi connectivity index (χ1v) is 7.62. The zero-order valence-corrected chi connectivity index (χ0v) is 12.5. The molecule has 110 valence electrons. The number of urea groups is 1. The summed E-state index contributed by atoms with van der Waals surface area (Å²) in [7, 11) is 0. The Morgan fingerprint density at radius 2 is 2.25 bits per heavy atom. The average Bonchev–Trinajstić information content (AvgIpc) is 2.86. The van der Waals surface area contributed by atoms with Crippen molar-refractivity contribution < 1.29 is 14.7 Å². The molecule has 1 heterocycles. The topological polar surface area (TPSA) is 78.4 Å². The van der Waals surface area contributed by atoms with Crippen molar-refractivity contribution >= 4 is 23.3 Å². The number of rotatable bonds is 4. The molecule has 0 aromatic carbocycles. The lowest BCUT2D eigenvalue weighted by molar-refractivity contribution is -0.146. The summed E-state index contributed by atoms with van der Waals surface area (Å²) in [6.07, 6.45) is 3.08. The third-order valence-electron chi connectivity index (χ3n) is 3.63. The molecule has 0 fully saturated rings. The summed E-state index contributed by atoms with van der Waals surface area (Å²) in [5.74, 6) is -0.921. The lowest BCUT2D eigenvalue weighted by Gasteiger charge is -2.25. The molecule has 1 aromatic heterocycles. The Hall–Kier alpha value is -1.56. The highest BCUT2D eigenvalue weighted by molar-refractivity contribution is 7.10. The van der Waals surface area contributed by atoms with Gasteiger partial charge in [-0.25, -0.2) is 4.79 Å². The standard InChI is InChI=1S/C14H20N2O3S/c1-14(2,12(17)18)8-15-13(19)16-10-4-3-5-11-9(10)6-7-20-11/h6-7,10H,3-5,8H2,1-2H3,(H,17,18)(H2,15,16,19). The second-order valence-corrected chi connectivity index (χ2v) is 6.76. The third kappa shape index (κ3) is 3.30. The molecule has 5 nitrogen and oxygen atoms in total. The van der Waals surface area contributed by atoms with Gasteiger partial charge in [-0.1, -0.05) is 0 Å². The monoisotopic (exact) mass is 296 g/mol. The van der Waals surface area contributed by atoms with E-state index in [1.165, 1.54) is 10.4 Å². The van der Waals surface area contributed by atoms with E-state index in [1.54, 1.807) is 25.2 Å². The minimum atomic E-state index is -0.961. The Bertz CT molecular complexity index is 510. The fraction of sp³-hybridized carbons (Fsp3) is 0.571. The predicted molar refractivity (Wildman–Crippen MR) is 77.9 cm³/mol. The van der Waals surface area contributed by atoms with E-state index in [0.717, 1.165) is 19.3 Å². The summed E-state index contributed by atoms with van der Waals surface area (Å²) in [4.78, 5) is 24.2. The maximum absolute atomic E-state index is 11.9. The van der Waals surface area contributed by atoms with Gasteiger partial charge in [-0.2, -0.15) is 0 Å². The van der Waals surface area contributed by atoms with Gasteiger partial charge in [0.25, 0.3) is 0 Å². The molecule has 1 unspecified atom stereocenters. The van der Waals surface area contributed by atoms with Crippen LogP contribution in [0.2, 0.25) is 0 Å². The minimum Gasteiger partial charge on any atom is -0.481 e. The molecule has 3 N–H and O–H groups in total. The van der Waals surface area contributed by atoms with Crippen LogP contribution in [0.25, 0.3) is 0 Å². The van der Waals surface area contributed by atoms with Crippen molar-refractivity contribution in [2.75, 3.05) is 6.54 Å². The Labute approximate surface area is 122 Å². The van der Waals surface area contributed by atoms with Gasteiger partial charge in [-0.15, -0.1) is 11.3 Å². The van der Waals surface area contributed by atoms with E-state index in [9.17, 15) is 9.59 Å². The summed E-state index contributed by atoms with van der Waals surface area (Å²) in [6, 6.07) is 1.80. The van der Waals surface area contributed by atoms with E-state index in [0.29, 0.717) is 0 Å². The number of aryl methyl sites for hydroxylation is 1. The van der Waals surface area contributed by atoms with Crippen LogP contribution in [-0.4, -0.2) is 23.7 Å². The van der Waals surface area contributed by atoms with Gasteiger partial charge in [-0.05, 0) is 50.1 Å². The number of fused-ring (bicyclic) bond motifs is 1. The number of hydrogen-bond donors (Lipinski definition) is 3. The number of hydrogen-bond acceptors (Lipinski definition) is 3. The summed E-state index contributed by atoms with van der Waals surface area (Å²) in [6.45, 7) is 3.29. The molecule has 1 aliphatic rings. The van der Waals surface area contributed by atoms with Crippen LogP contribution in [0.3, 0.4) is 0 Å². The molecule has 1 aliphatic carbocycles. The number of carboxylic acid groups (broad SMARTS) is 1. The predicted octanol–water partition coefficient (Wildman–Crippen LogP) is 2.54. The SMILES string of the molecule is CC(C)(CNC(=O)NC1CCCc2sccc21)C(=O)O. The fourth-order valence-corrected chi connectivity index (χ4v) is 3.21. The second-order valence-electron chi connectivity index (χ2n) is 5.76. The van der Waals surface area contributed by atoms with E-state index in [-0.39, 0.29) is 18.6 Å². The zero-order valence-electron chi connectivity index (χ0n) is 11.7.